The first kappa shape index (κ1) is 17.8. The predicted molar refractivity (Wildman–Crippen MR) is 72.8 cm³/mol. The van der Waals surface area contributed by atoms with E-state index in [2.05, 4.69) is 5.32 Å². The first-order chi connectivity index (χ1) is 9.61. The lowest BCUT2D eigenvalue weighted by Crippen LogP contribution is -2.31. The van der Waals surface area contributed by atoms with E-state index in [-0.39, 0.29) is 11.9 Å². The van der Waals surface area contributed by atoms with Crippen molar-refractivity contribution >= 4 is 17.5 Å². The minimum absolute atomic E-state index is 0.0637. The van der Waals surface area contributed by atoms with Crippen LogP contribution in [0, 0.1) is 11.7 Å². The molecule has 0 saturated carbocycles. The van der Waals surface area contributed by atoms with Crippen LogP contribution in [0.2, 0.25) is 0 Å². The van der Waals surface area contributed by atoms with Crippen LogP contribution >= 0.6 is 11.6 Å². The van der Waals surface area contributed by atoms with E-state index in [1.807, 2.05) is 13.8 Å². The highest BCUT2D eigenvalue weighted by atomic mass is 35.5. The monoisotopic (exact) mass is 325 g/mol. The number of nitrogens with one attached hydrogen (secondary N) is 1. The van der Waals surface area contributed by atoms with Crippen LogP contribution in [0.4, 0.5) is 17.6 Å². The molecule has 0 saturated heterocycles. The van der Waals surface area contributed by atoms with Gasteiger partial charge in [-0.3, -0.25) is 4.79 Å². The Morgan fingerprint density at radius 1 is 1.33 bits per heavy atom. The van der Waals surface area contributed by atoms with Crippen LogP contribution in [-0.2, 0) is 6.18 Å². The molecule has 1 aromatic rings. The summed E-state index contributed by atoms with van der Waals surface area (Å²) in [5.74, 6) is -1.60. The third-order valence-electron chi connectivity index (χ3n) is 2.75. The van der Waals surface area contributed by atoms with Crippen molar-refractivity contribution in [2.45, 2.75) is 31.8 Å². The fraction of sp³-hybridized carbons (Fsp3) is 0.500. The van der Waals surface area contributed by atoms with Crippen LogP contribution in [0.15, 0.2) is 18.2 Å². The lowest BCUT2D eigenvalue weighted by atomic mass is 10.1. The topological polar surface area (TPSA) is 29.1 Å². The fourth-order valence-electron chi connectivity index (χ4n) is 1.77. The second-order valence-corrected chi connectivity index (χ2v) is 5.75. The highest BCUT2D eigenvalue weighted by molar-refractivity contribution is 6.21. The summed E-state index contributed by atoms with van der Waals surface area (Å²) in [6.45, 7) is 3.96. The Morgan fingerprint density at radius 2 is 1.95 bits per heavy atom. The zero-order valence-electron chi connectivity index (χ0n) is 11.6. The third-order valence-corrected chi connectivity index (χ3v) is 3.08. The van der Waals surface area contributed by atoms with E-state index in [0.29, 0.717) is 30.5 Å². The van der Waals surface area contributed by atoms with Crippen molar-refractivity contribution < 1.29 is 22.4 Å². The summed E-state index contributed by atoms with van der Waals surface area (Å²) < 4.78 is 51.1. The summed E-state index contributed by atoms with van der Waals surface area (Å²) in [6.07, 6.45) is -4.00. The van der Waals surface area contributed by atoms with Gasteiger partial charge in [0, 0.05) is 6.54 Å². The molecule has 0 aliphatic carbocycles. The molecule has 0 aliphatic rings. The Kier molecular flexibility index (Phi) is 6.01. The molecule has 0 aliphatic heterocycles. The first-order valence-corrected chi connectivity index (χ1v) is 6.84. The van der Waals surface area contributed by atoms with Crippen molar-refractivity contribution in [3.8, 4) is 0 Å². The van der Waals surface area contributed by atoms with Gasteiger partial charge in [-0.15, -0.1) is 11.6 Å². The summed E-state index contributed by atoms with van der Waals surface area (Å²) in [4.78, 5) is 11.8. The molecule has 0 aromatic heterocycles. The van der Waals surface area contributed by atoms with Gasteiger partial charge < -0.3 is 5.32 Å². The van der Waals surface area contributed by atoms with Gasteiger partial charge >= 0.3 is 6.18 Å². The Hall–Kier alpha value is -1.30. The standard InChI is InChI=1S/C14H16ClF4NO/c1-8(2)5-10(15)7-20-13(21)11-6-9(14(17,18)19)3-4-12(11)16/h3-4,6,8,10H,5,7H2,1-2H3,(H,20,21). The van der Waals surface area contributed by atoms with Gasteiger partial charge in [0.1, 0.15) is 5.82 Å². The van der Waals surface area contributed by atoms with Crippen molar-refractivity contribution in [1.82, 2.24) is 5.32 Å². The summed E-state index contributed by atoms with van der Waals surface area (Å²) in [7, 11) is 0. The maximum absolute atomic E-state index is 13.5. The summed E-state index contributed by atoms with van der Waals surface area (Å²) in [5.41, 5.74) is -1.71. The van der Waals surface area contributed by atoms with E-state index >= 15 is 0 Å². The lowest BCUT2D eigenvalue weighted by molar-refractivity contribution is -0.137. The molecule has 21 heavy (non-hydrogen) atoms. The molecule has 1 rings (SSSR count). The average molecular weight is 326 g/mol. The van der Waals surface area contributed by atoms with Crippen molar-refractivity contribution in [3.05, 3.63) is 35.1 Å². The Balaban J connectivity index is 2.78. The number of halogens is 5. The van der Waals surface area contributed by atoms with E-state index in [0.717, 1.165) is 0 Å². The molecule has 2 nitrogen and oxygen atoms in total. The number of carbonyl (C=O) groups excluding carboxylic acids is 1. The van der Waals surface area contributed by atoms with Gasteiger partial charge in [0.05, 0.1) is 16.5 Å². The number of rotatable bonds is 5. The van der Waals surface area contributed by atoms with E-state index in [4.69, 9.17) is 11.6 Å². The SMILES string of the molecule is CC(C)CC(Cl)CNC(=O)c1cc(C(F)(F)F)ccc1F. The molecule has 118 valence electrons. The Morgan fingerprint density at radius 3 is 2.48 bits per heavy atom. The molecule has 0 bridgehead atoms. The van der Waals surface area contributed by atoms with Crippen LogP contribution in [-0.4, -0.2) is 17.8 Å². The Labute approximate surface area is 125 Å². The molecule has 1 unspecified atom stereocenters. The minimum atomic E-state index is -4.63. The first-order valence-electron chi connectivity index (χ1n) is 6.40. The van der Waals surface area contributed by atoms with E-state index in [9.17, 15) is 22.4 Å². The number of benzene rings is 1. The second-order valence-electron chi connectivity index (χ2n) is 5.13. The predicted octanol–water partition coefficient (Wildman–Crippen LogP) is 4.23. The van der Waals surface area contributed by atoms with Gasteiger partial charge in [-0.05, 0) is 30.5 Å². The minimum Gasteiger partial charge on any atom is -0.350 e. The van der Waals surface area contributed by atoms with Gasteiger partial charge in [0.15, 0.2) is 0 Å². The highest BCUT2D eigenvalue weighted by Crippen LogP contribution is 2.30. The van der Waals surface area contributed by atoms with Crippen LogP contribution in [0.5, 0.6) is 0 Å². The van der Waals surface area contributed by atoms with Gasteiger partial charge in [0.2, 0.25) is 0 Å². The van der Waals surface area contributed by atoms with Crippen molar-refractivity contribution in [3.63, 3.8) is 0 Å². The molecule has 0 heterocycles. The van der Waals surface area contributed by atoms with Crippen LogP contribution in [0.25, 0.3) is 0 Å². The molecule has 0 fully saturated rings. The van der Waals surface area contributed by atoms with Crippen molar-refractivity contribution in [2.24, 2.45) is 5.92 Å². The summed E-state index contributed by atoms with van der Waals surface area (Å²) in [5, 5.41) is 1.99. The zero-order chi connectivity index (χ0) is 16.2. The quantitative estimate of drug-likeness (QED) is 0.637. The smallest absolute Gasteiger partial charge is 0.350 e. The molecule has 1 atom stereocenters. The van der Waals surface area contributed by atoms with Crippen LogP contribution in [0.3, 0.4) is 0 Å². The Bertz CT molecular complexity index is 502. The van der Waals surface area contributed by atoms with Gasteiger partial charge in [0.25, 0.3) is 5.91 Å². The van der Waals surface area contributed by atoms with Gasteiger partial charge in [-0.1, -0.05) is 13.8 Å². The molecule has 1 N–H and O–H groups in total. The van der Waals surface area contributed by atoms with Gasteiger partial charge in [-0.25, -0.2) is 4.39 Å². The van der Waals surface area contributed by atoms with E-state index in [1.54, 1.807) is 0 Å². The number of alkyl halides is 4. The normalized spacial score (nSPS) is 13.3. The number of hydrogen-bond acceptors (Lipinski definition) is 1. The zero-order valence-corrected chi connectivity index (χ0v) is 12.4. The van der Waals surface area contributed by atoms with Crippen molar-refractivity contribution in [2.75, 3.05) is 6.54 Å². The number of hydrogen-bond donors (Lipinski definition) is 1. The summed E-state index contributed by atoms with van der Waals surface area (Å²) in [6, 6.07) is 1.72. The number of carbonyl (C=O) groups is 1. The maximum Gasteiger partial charge on any atom is 0.416 e. The van der Waals surface area contributed by atoms with Crippen LogP contribution < -0.4 is 5.32 Å². The fourth-order valence-corrected chi connectivity index (χ4v) is 2.20. The molecule has 0 spiro atoms. The lowest BCUT2D eigenvalue weighted by Gasteiger charge is -2.14. The average Bonchev–Trinajstić information content (AvgIpc) is 2.34. The molecular weight excluding hydrogens is 310 g/mol. The van der Waals surface area contributed by atoms with E-state index < -0.39 is 29.0 Å². The molecule has 1 aromatic carbocycles. The maximum atomic E-state index is 13.5. The molecule has 1 amide bonds. The number of amides is 1. The largest absolute Gasteiger partial charge is 0.416 e. The van der Waals surface area contributed by atoms with Crippen LogP contribution in [0.1, 0.15) is 36.2 Å². The summed E-state index contributed by atoms with van der Waals surface area (Å²) >= 11 is 5.96. The second kappa shape index (κ2) is 7.11. The van der Waals surface area contributed by atoms with E-state index in [1.165, 1.54) is 0 Å². The molecule has 0 radical (unpaired) electrons. The van der Waals surface area contributed by atoms with Crippen molar-refractivity contribution in [1.29, 1.82) is 0 Å². The molecule has 7 heteroatoms. The van der Waals surface area contributed by atoms with Gasteiger partial charge in [-0.2, -0.15) is 13.2 Å². The highest BCUT2D eigenvalue weighted by Gasteiger charge is 2.31. The third kappa shape index (κ3) is 5.53. The molecular formula is C14H16ClF4NO.